The molecule has 14 heavy (non-hydrogen) atoms. The minimum absolute atomic E-state index is 0.422. The molecular formula is C12H25NO. The van der Waals surface area contributed by atoms with Crippen molar-refractivity contribution in [2.75, 3.05) is 26.8 Å². The van der Waals surface area contributed by atoms with E-state index in [1.165, 1.54) is 25.9 Å². The van der Waals surface area contributed by atoms with Crippen LogP contribution in [0.4, 0.5) is 0 Å². The van der Waals surface area contributed by atoms with E-state index < -0.39 is 0 Å². The van der Waals surface area contributed by atoms with Crippen molar-refractivity contribution in [1.29, 1.82) is 0 Å². The molecule has 1 aliphatic rings. The van der Waals surface area contributed by atoms with Crippen LogP contribution in [0.1, 0.15) is 33.6 Å². The first-order valence-electron chi connectivity index (χ1n) is 5.75. The minimum atomic E-state index is 0.422. The first-order chi connectivity index (χ1) is 6.55. The number of rotatable bonds is 3. The standard InChI is InChI=1S/C12H25NO/c1-12(2,3)11-9-13-7-5-10(11)6-8-14-4/h10-11,13H,5-9H2,1-4H3/t10-,11+/m1/s1. The zero-order chi connectivity index (χ0) is 10.6. The molecule has 2 nitrogen and oxygen atoms in total. The molecule has 0 aromatic heterocycles. The number of ether oxygens (including phenoxy) is 1. The van der Waals surface area contributed by atoms with Crippen LogP contribution in [-0.2, 0) is 4.74 Å². The van der Waals surface area contributed by atoms with Gasteiger partial charge in [-0.25, -0.2) is 0 Å². The Morgan fingerprint density at radius 3 is 2.64 bits per heavy atom. The maximum absolute atomic E-state index is 5.19. The summed E-state index contributed by atoms with van der Waals surface area (Å²) in [5, 5.41) is 3.51. The Morgan fingerprint density at radius 1 is 1.36 bits per heavy atom. The number of methoxy groups -OCH3 is 1. The molecule has 1 N–H and O–H groups in total. The summed E-state index contributed by atoms with van der Waals surface area (Å²) in [6, 6.07) is 0. The molecule has 1 fully saturated rings. The summed E-state index contributed by atoms with van der Waals surface area (Å²) < 4.78 is 5.19. The van der Waals surface area contributed by atoms with Crippen LogP contribution in [0.3, 0.4) is 0 Å². The Bertz CT molecular complexity index is 162. The van der Waals surface area contributed by atoms with Crippen LogP contribution in [0.25, 0.3) is 0 Å². The van der Waals surface area contributed by atoms with Crippen LogP contribution in [-0.4, -0.2) is 26.8 Å². The van der Waals surface area contributed by atoms with Gasteiger partial charge in [-0.3, -0.25) is 0 Å². The first kappa shape index (κ1) is 12.0. The lowest BCUT2D eigenvalue weighted by molar-refractivity contribution is 0.0862. The lowest BCUT2D eigenvalue weighted by atomic mass is 9.69. The Balaban J connectivity index is 2.50. The van der Waals surface area contributed by atoms with Gasteiger partial charge < -0.3 is 10.1 Å². The van der Waals surface area contributed by atoms with Gasteiger partial charge in [0.1, 0.15) is 0 Å². The van der Waals surface area contributed by atoms with Gasteiger partial charge in [0.2, 0.25) is 0 Å². The van der Waals surface area contributed by atoms with Crippen molar-refractivity contribution < 1.29 is 4.74 Å². The van der Waals surface area contributed by atoms with Crippen molar-refractivity contribution in [2.45, 2.75) is 33.6 Å². The molecule has 0 saturated carbocycles. The van der Waals surface area contributed by atoms with E-state index in [1.54, 1.807) is 7.11 Å². The quantitative estimate of drug-likeness (QED) is 0.753. The molecule has 0 aliphatic carbocycles. The van der Waals surface area contributed by atoms with Gasteiger partial charge in [-0.1, -0.05) is 20.8 Å². The van der Waals surface area contributed by atoms with Crippen LogP contribution >= 0.6 is 0 Å². The van der Waals surface area contributed by atoms with Crippen LogP contribution < -0.4 is 5.32 Å². The number of hydrogen-bond acceptors (Lipinski definition) is 2. The van der Waals surface area contributed by atoms with Gasteiger partial charge in [0.25, 0.3) is 0 Å². The van der Waals surface area contributed by atoms with Crippen molar-refractivity contribution in [2.24, 2.45) is 17.3 Å². The molecule has 0 amide bonds. The number of piperidine rings is 1. The lowest BCUT2D eigenvalue weighted by Gasteiger charge is -2.40. The molecular weight excluding hydrogens is 174 g/mol. The van der Waals surface area contributed by atoms with Crippen LogP contribution in [0, 0.1) is 17.3 Å². The Labute approximate surface area is 88.4 Å². The fourth-order valence-electron chi connectivity index (χ4n) is 2.54. The van der Waals surface area contributed by atoms with E-state index in [-0.39, 0.29) is 0 Å². The molecule has 0 bridgehead atoms. The van der Waals surface area contributed by atoms with Gasteiger partial charge in [0.15, 0.2) is 0 Å². The second kappa shape index (κ2) is 5.13. The van der Waals surface area contributed by atoms with E-state index in [0.29, 0.717) is 5.41 Å². The smallest absolute Gasteiger partial charge is 0.0465 e. The monoisotopic (exact) mass is 199 g/mol. The van der Waals surface area contributed by atoms with E-state index in [1.807, 2.05) is 0 Å². The summed E-state index contributed by atoms with van der Waals surface area (Å²) in [6.45, 7) is 10.3. The van der Waals surface area contributed by atoms with Gasteiger partial charge in [-0.2, -0.15) is 0 Å². The van der Waals surface area contributed by atoms with E-state index in [2.05, 4.69) is 26.1 Å². The lowest BCUT2D eigenvalue weighted by Crippen LogP contribution is -2.43. The van der Waals surface area contributed by atoms with Crippen LogP contribution in [0.5, 0.6) is 0 Å². The third-order valence-corrected chi connectivity index (χ3v) is 3.43. The molecule has 0 unspecified atom stereocenters. The van der Waals surface area contributed by atoms with Crippen LogP contribution in [0.15, 0.2) is 0 Å². The minimum Gasteiger partial charge on any atom is -0.385 e. The van der Waals surface area contributed by atoms with Crippen molar-refractivity contribution >= 4 is 0 Å². The summed E-state index contributed by atoms with van der Waals surface area (Å²) >= 11 is 0. The summed E-state index contributed by atoms with van der Waals surface area (Å²) in [5.74, 6) is 1.64. The molecule has 0 spiro atoms. The molecule has 2 atom stereocenters. The van der Waals surface area contributed by atoms with Crippen LogP contribution in [0.2, 0.25) is 0 Å². The highest BCUT2D eigenvalue weighted by molar-refractivity contribution is 4.85. The van der Waals surface area contributed by atoms with E-state index in [4.69, 9.17) is 4.74 Å². The van der Waals surface area contributed by atoms with Crippen molar-refractivity contribution in [1.82, 2.24) is 5.32 Å². The van der Waals surface area contributed by atoms with Gasteiger partial charge in [-0.15, -0.1) is 0 Å². The number of hydrogen-bond donors (Lipinski definition) is 1. The zero-order valence-electron chi connectivity index (χ0n) is 10.1. The van der Waals surface area contributed by atoms with Gasteiger partial charge in [-0.05, 0) is 43.2 Å². The fourth-order valence-corrected chi connectivity index (χ4v) is 2.54. The molecule has 0 aromatic rings. The Morgan fingerprint density at radius 2 is 2.07 bits per heavy atom. The average molecular weight is 199 g/mol. The largest absolute Gasteiger partial charge is 0.385 e. The molecule has 2 heteroatoms. The third kappa shape index (κ3) is 3.25. The second-order valence-electron chi connectivity index (χ2n) is 5.51. The van der Waals surface area contributed by atoms with Gasteiger partial charge in [0, 0.05) is 13.7 Å². The third-order valence-electron chi connectivity index (χ3n) is 3.43. The Kier molecular flexibility index (Phi) is 4.39. The second-order valence-corrected chi connectivity index (χ2v) is 5.51. The van der Waals surface area contributed by atoms with E-state index >= 15 is 0 Å². The highest BCUT2D eigenvalue weighted by Gasteiger charge is 2.33. The van der Waals surface area contributed by atoms with E-state index in [9.17, 15) is 0 Å². The summed E-state index contributed by atoms with van der Waals surface area (Å²) in [4.78, 5) is 0. The van der Waals surface area contributed by atoms with E-state index in [0.717, 1.165) is 18.4 Å². The van der Waals surface area contributed by atoms with Crippen molar-refractivity contribution in [3.8, 4) is 0 Å². The van der Waals surface area contributed by atoms with Crippen molar-refractivity contribution in [3.63, 3.8) is 0 Å². The molecule has 1 heterocycles. The predicted molar refractivity (Wildman–Crippen MR) is 60.4 cm³/mol. The van der Waals surface area contributed by atoms with Gasteiger partial charge in [0.05, 0.1) is 0 Å². The maximum atomic E-state index is 5.19. The summed E-state index contributed by atoms with van der Waals surface area (Å²) in [7, 11) is 1.80. The topological polar surface area (TPSA) is 21.3 Å². The Hall–Kier alpha value is -0.0800. The number of nitrogens with one attached hydrogen (secondary N) is 1. The highest BCUT2D eigenvalue weighted by atomic mass is 16.5. The maximum Gasteiger partial charge on any atom is 0.0465 e. The van der Waals surface area contributed by atoms with Gasteiger partial charge >= 0.3 is 0 Å². The first-order valence-corrected chi connectivity index (χ1v) is 5.75. The predicted octanol–water partition coefficient (Wildman–Crippen LogP) is 2.29. The molecule has 1 saturated heterocycles. The molecule has 0 aromatic carbocycles. The average Bonchev–Trinajstić information content (AvgIpc) is 2.14. The normalized spacial score (nSPS) is 29.1. The molecule has 1 aliphatic heterocycles. The zero-order valence-corrected chi connectivity index (χ0v) is 10.1. The van der Waals surface area contributed by atoms with Crippen molar-refractivity contribution in [3.05, 3.63) is 0 Å². The summed E-state index contributed by atoms with van der Waals surface area (Å²) in [5.41, 5.74) is 0.422. The molecule has 84 valence electrons. The summed E-state index contributed by atoms with van der Waals surface area (Å²) in [6.07, 6.45) is 2.53. The fraction of sp³-hybridized carbons (Fsp3) is 1.00. The highest BCUT2D eigenvalue weighted by Crippen LogP contribution is 2.36. The molecule has 1 rings (SSSR count). The molecule has 0 radical (unpaired) electrons. The SMILES string of the molecule is COCC[C@H]1CCNC[C@@H]1C(C)(C)C.